The average molecular weight is 229 g/mol. The van der Waals surface area contributed by atoms with Gasteiger partial charge in [0.2, 0.25) is 0 Å². The summed E-state index contributed by atoms with van der Waals surface area (Å²) in [5.74, 6) is 0. The van der Waals surface area contributed by atoms with E-state index in [1.54, 1.807) is 30.5 Å². The van der Waals surface area contributed by atoms with Crippen molar-refractivity contribution in [2.75, 3.05) is 6.26 Å². The third kappa shape index (κ3) is 4.34. The molecule has 1 rings (SSSR count). The number of rotatable bonds is 2. The second-order valence-electron chi connectivity index (χ2n) is 2.08. The maximum atomic E-state index is 10.5. The Morgan fingerprint density at radius 2 is 2.00 bits per heavy atom. The van der Waals surface area contributed by atoms with Crippen LogP contribution in [0.3, 0.4) is 0 Å². The number of amides is 1. The topological polar surface area (TPSA) is 60.2 Å². The number of thiol groups is 1. The second kappa shape index (κ2) is 7.46. The molecule has 0 spiro atoms. The molecule has 0 saturated heterocycles. The van der Waals surface area contributed by atoms with E-state index in [2.05, 4.69) is 12.6 Å². The number of carbonyl (C=O) groups is 2. The zero-order chi connectivity index (χ0) is 11.0. The number of benzene rings is 1. The quantitative estimate of drug-likeness (QED) is 0.464. The van der Waals surface area contributed by atoms with Gasteiger partial charge in [0.25, 0.3) is 5.24 Å². The van der Waals surface area contributed by atoms with Crippen LogP contribution in [0, 0.1) is 0 Å². The van der Waals surface area contributed by atoms with Crippen molar-refractivity contribution >= 4 is 35.9 Å². The van der Waals surface area contributed by atoms with Crippen LogP contribution in [0.25, 0.3) is 0 Å². The second-order valence-corrected chi connectivity index (χ2v) is 3.12. The van der Waals surface area contributed by atoms with Crippen molar-refractivity contribution in [3.05, 3.63) is 29.8 Å². The van der Waals surface area contributed by atoms with Crippen molar-refractivity contribution in [2.45, 2.75) is 4.90 Å². The average Bonchev–Trinajstić information content (AvgIpc) is 2.21. The van der Waals surface area contributed by atoms with Crippen molar-refractivity contribution < 1.29 is 9.59 Å². The van der Waals surface area contributed by atoms with E-state index in [1.807, 2.05) is 0 Å². The molecule has 0 aliphatic heterocycles. The van der Waals surface area contributed by atoms with E-state index in [9.17, 15) is 9.59 Å². The lowest BCUT2D eigenvalue weighted by Gasteiger charge is -1.98. The fourth-order valence-corrected chi connectivity index (χ4v) is 1.38. The van der Waals surface area contributed by atoms with Gasteiger partial charge in [-0.05, 0) is 24.1 Å². The first-order chi connectivity index (χ1) is 6.74. The van der Waals surface area contributed by atoms with Crippen molar-refractivity contribution in [1.82, 2.24) is 0 Å². The van der Waals surface area contributed by atoms with Crippen LogP contribution in [0.1, 0.15) is 10.4 Å². The van der Waals surface area contributed by atoms with E-state index in [0.717, 1.165) is 11.8 Å². The third-order valence-corrected chi connectivity index (χ3v) is 2.05. The summed E-state index contributed by atoms with van der Waals surface area (Å²) in [4.78, 5) is 21.5. The zero-order valence-electron chi connectivity index (χ0n) is 7.64. The van der Waals surface area contributed by atoms with Gasteiger partial charge in [0.1, 0.15) is 0 Å². The molecule has 0 heterocycles. The van der Waals surface area contributed by atoms with Gasteiger partial charge in [-0.25, -0.2) is 0 Å². The van der Waals surface area contributed by atoms with Crippen molar-refractivity contribution in [1.29, 1.82) is 0 Å². The van der Waals surface area contributed by atoms with Crippen molar-refractivity contribution in [2.24, 2.45) is 5.73 Å². The molecule has 1 amide bonds. The van der Waals surface area contributed by atoms with E-state index in [4.69, 9.17) is 5.73 Å². The fraction of sp³-hybridized carbons (Fsp3) is 0.111. The molecule has 0 unspecified atom stereocenters. The van der Waals surface area contributed by atoms with E-state index < -0.39 is 5.24 Å². The first-order valence-electron chi connectivity index (χ1n) is 3.70. The molecule has 5 heteroatoms. The smallest absolute Gasteiger partial charge is 0.281 e. The lowest BCUT2D eigenvalue weighted by molar-refractivity contribution is 0.112. The molecule has 2 N–H and O–H groups in total. The van der Waals surface area contributed by atoms with Crippen LogP contribution in [0.15, 0.2) is 29.2 Å². The van der Waals surface area contributed by atoms with Gasteiger partial charge in [-0.15, -0.1) is 0 Å². The Bertz CT molecular complexity index is 315. The fourth-order valence-electron chi connectivity index (χ4n) is 0.779. The maximum absolute atomic E-state index is 10.5. The molecular weight excluding hydrogens is 218 g/mol. The van der Waals surface area contributed by atoms with Gasteiger partial charge in [0.05, 0.1) is 0 Å². The van der Waals surface area contributed by atoms with Crippen molar-refractivity contribution in [3.8, 4) is 0 Å². The number of nitrogens with two attached hydrogens (primary N) is 1. The number of hydrogen-bond donors (Lipinski definition) is 2. The molecule has 0 bridgehead atoms. The minimum Gasteiger partial charge on any atom is -0.360 e. The minimum absolute atomic E-state index is 0.487. The predicted octanol–water partition coefficient (Wildman–Crippen LogP) is 2.22. The summed E-state index contributed by atoms with van der Waals surface area (Å²) in [5.41, 5.74) is 5.44. The van der Waals surface area contributed by atoms with E-state index >= 15 is 0 Å². The largest absolute Gasteiger partial charge is 0.360 e. The minimum atomic E-state index is -0.510. The first kappa shape index (κ1) is 13.1. The molecule has 0 fully saturated rings. The van der Waals surface area contributed by atoms with Gasteiger partial charge in [-0.2, -0.15) is 12.6 Å². The molecule has 1 aromatic rings. The summed E-state index contributed by atoms with van der Waals surface area (Å²) in [6, 6.07) is 6.80. The number of aldehydes is 1. The standard InChI is InChI=1S/C8H7NO2S.CH4S/c9-8(11)12-7-4-2-1-3-6(7)5-10;1-2/h1-5H,(H2,9,11);2H,1H3. The van der Waals surface area contributed by atoms with Crippen LogP contribution in [0.2, 0.25) is 0 Å². The molecule has 14 heavy (non-hydrogen) atoms. The van der Waals surface area contributed by atoms with E-state index in [1.165, 1.54) is 0 Å². The molecule has 3 nitrogen and oxygen atoms in total. The normalized spacial score (nSPS) is 8.43. The summed E-state index contributed by atoms with van der Waals surface area (Å²) in [5, 5.41) is -0.510. The highest BCUT2D eigenvalue weighted by molar-refractivity contribution is 8.13. The molecule has 76 valence electrons. The third-order valence-electron chi connectivity index (χ3n) is 1.26. The van der Waals surface area contributed by atoms with E-state index in [0.29, 0.717) is 16.7 Å². The van der Waals surface area contributed by atoms with Crippen molar-refractivity contribution in [3.63, 3.8) is 0 Å². The van der Waals surface area contributed by atoms with Crippen LogP contribution < -0.4 is 5.73 Å². The van der Waals surface area contributed by atoms with Crippen LogP contribution in [0.4, 0.5) is 4.79 Å². The number of carbonyl (C=O) groups excluding carboxylic acids is 2. The Balaban J connectivity index is 0.000000791. The molecule has 0 aliphatic carbocycles. The zero-order valence-corrected chi connectivity index (χ0v) is 9.35. The summed E-state index contributed by atoms with van der Waals surface area (Å²) in [7, 11) is 0. The monoisotopic (exact) mass is 229 g/mol. The molecule has 0 atom stereocenters. The van der Waals surface area contributed by atoms with Crippen LogP contribution in [-0.2, 0) is 0 Å². The predicted molar refractivity (Wildman–Crippen MR) is 62.2 cm³/mol. The Labute approximate surface area is 92.5 Å². The highest BCUT2D eigenvalue weighted by Crippen LogP contribution is 2.20. The summed E-state index contributed by atoms with van der Waals surface area (Å²) >= 11 is 4.39. The lowest BCUT2D eigenvalue weighted by atomic mass is 10.2. The number of primary amides is 1. The molecule has 0 aliphatic rings. The Hall–Kier alpha value is -0.940. The maximum Gasteiger partial charge on any atom is 0.281 e. The summed E-state index contributed by atoms with van der Waals surface area (Å²) in [6.45, 7) is 0. The highest BCUT2D eigenvalue weighted by atomic mass is 32.2. The molecule has 0 aromatic heterocycles. The number of thioether (sulfide) groups is 1. The van der Waals surface area contributed by atoms with E-state index in [-0.39, 0.29) is 0 Å². The van der Waals surface area contributed by atoms with Gasteiger partial charge in [0.15, 0.2) is 6.29 Å². The highest BCUT2D eigenvalue weighted by Gasteiger charge is 2.03. The summed E-state index contributed by atoms with van der Waals surface area (Å²) in [6.07, 6.45) is 2.39. The van der Waals surface area contributed by atoms with Crippen LogP contribution in [-0.4, -0.2) is 17.8 Å². The van der Waals surface area contributed by atoms with Gasteiger partial charge in [-0.1, -0.05) is 18.2 Å². The lowest BCUT2D eigenvalue weighted by Crippen LogP contribution is -2.02. The van der Waals surface area contributed by atoms with Gasteiger partial charge < -0.3 is 5.73 Å². The Morgan fingerprint density at radius 3 is 2.50 bits per heavy atom. The Kier molecular flexibility index (Phi) is 6.96. The molecule has 0 radical (unpaired) electrons. The van der Waals surface area contributed by atoms with Crippen LogP contribution in [0.5, 0.6) is 0 Å². The SMILES string of the molecule is CS.NC(=O)Sc1ccccc1C=O. The molecule has 0 saturated carbocycles. The first-order valence-corrected chi connectivity index (χ1v) is 5.41. The molecule has 1 aromatic carbocycles. The van der Waals surface area contributed by atoms with Gasteiger partial charge in [0, 0.05) is 10.5 Å². The molecular formula is C9H11NO2S2. The van der Waals surface area contributed by atoms with Crippen LogP contribution >= 0.6 is 24.4 Å². The number of hydrogen-bond acceptors (Lipinski definition) is 4. The Morgan fingerprint density at radius 1 is 1.43 bits per heavy atom. The van der Waals surface area contributed by atoms with Gasteiger partial charge in [-0.3, -0.25) is 9.59 Å². The van der Waals surface area contributed by atoms with Gasteiger partial charge >= 0.3 is 0 Å². The summed E-state index contributed by atoms with van der Waals surface area (Å²) < 4.78 is 0.